The lowest BCUT2D eigenvalue weighted by molar-refractivity contribution is -0.141. The Morgan fingerprint density at radius 1 is 1.16 bits per heavy atom. The molecule has 0 spiro atoms. The normalized spacial score (nSPS) is 12.5. The molecule has 0 aliphatic rings. The largest absolute Gasteiger partial charge is 0.468 e. The van der Waals surface area contributed by atoms with Crippen LogP contribution in [0.15, 0.2) is 52.4 Å². The van der Waals surface area contributed by atoms with Gasteiger partial charge in [0.1, 0.15) is 6.54 Å². The number of ether oxygens (including phenoxy) is 1. The van der Waals surface area contributed by atoms with Crippen LogP contribution in [-0.2, 0) is 37.1 Å². The zero-order chi connectivity index (χ0) is 22.8. The van der Waals surface area contributed by atoms with E-state index in [0.29, 0.717) is 15.4 Å². The molecule has 7 nitrogen and oxygen atoms in total. The van der Waals surface area contributed by atoms with Gasteiger partial charge in [0.15, 0.2) is 14.6 Å². The van der Waals surface area contributed by atoms with Crippen LogP contribution in [0.25, 0.3) is 10.2 Å². The molecule has 10 heteroatoms. The average Bonchev–Trinajstić information content (AvgIpc) is 3.03. The minimum atomic E-state index is -3.37. The number of hydrogen-bond donors (Lipinski definition) is 0. The monoisotopic (exact) mass is 480 g/mol. The van der Waals surface area contributed by atoms with Crippen molar-refractivity contribution in [1.29, 1.82) is 0 Å². The van der Waals surface area contributed by atoms with Crippen molar-refractivity contribution >= 4 is 54.9 Å². The summed E-state index contributed by atoms with van der Waals surface area (Å²) in [4.78, 5) is 29.2. The van der Waals surface area contributed by atoms with Crippen molar-refractivity contribution in [3.63, 3.8) is 0 Å². The molecule has 1 amide bonds. The molecule has 2 aromatic carbocycles. The van der Waals surface area contributed by atoms with Crippen LogP contribution in [0.2, 0.25) is 5.02 Å². The highest BCUT2D eigenvalue weighted by atomic mass is 35.5. The first-order valence-electron chi connectivity index (χ1n) is 9.38. The smallest absolute Gasteiger partial charge is 0.325 e. The second kappa shape index (κ2) is 9.33. The van der Waals surface area contributed by atoms with Crippen LogP contribution in [0.4, 0.5) is 0 Å². The van der Waals surface area contributed by atoms with Gasteiger partial charge in [0.2, 0.25) is 0 Å². The zero-order valence-corrected chi connectivity index (χ0v) is 19.6. The highest BCUT2D eigenvalue weighted by Gasteiger charge is 2.19. The number of esters is 1. The van der Waals surface area contributed by atoms with Gasteiger partial charge in [0.25, 0.3) is 5.91 Å². The van der Waals surface area contributed by atoms with Crippen molar-refractivity contribution in [1.82, 2.24) is 4.57 Å². The summed E-state index contributed by atoms with van der Waals surface area (Å²) in [7, 11) is -2.08. The second-order valence-electron chi connectivity index (χ2n) is 7.08. The molecule has 0 radical (unpaired) electrons. The summed E-state index contributed by atoms with van der Waals surface area (Å²) in [5.74, 6) is -0.888. The molecule has 0 fully saturated rings. The lowest BCUT2D eigenvalue weighted by Gasteiger charge is -2.08. The Morgan fingerprint density at radius 2 is 1.84 bits per heavy atom. The summed E-state index contributed by atoms with van der Waals surface area (Å²) >= 11 is 7.30. The maximum absolute atomic E-state index is 12.6. The number of rotatable bonds is 6. The van der Waals surface area contributed by atoms with E-state index < -0.39 is 27.0 Å². The highest BCUT2D eigenvalue weighted by molar-refractivity contribution is 7.92. The van der Waals surface area contributed by atoms with Crippen LogP contribution >= 0.6 is 22.9 Å². The third kappa shape index (κ3) is 5.23. The van der Waals surface area contributed by atoms with Crippen LogP contribution < -0.4 is 4.80 Å². The molecular formula is C21H21ClN2O5S2. The summed E-state index contributed by atoms with van der Waals surface area (Å²) < 4.78 is 31.6. The molecule has 164 valence electrons. The van der Waals surface area contributed by atoms with Crippen LogP contribution in [0, 0.1) is 0 Å². The summed E-state index contributed by atoms with van der Waals surface area (Å²) in [6, 6.07) is 11.4. The van der Waals surface area contributed by atoms with Crippen LogP contribution in [0.5, 0.6) is 0 Å². The minimum Gasteiger partial charge on any atom is -0.468 e. The third-order valence-corrected chi connectivity index (χ3v) is 8.05. The van der Waals surface area contributed by atoms with Gasteiger partial charge in [-0.2, -0.15) is 4.99 Å². The number of nitrogens with zero attached hydrogens (tertiary/aromatic N) is 2. The summed E-state index contributed by atoms with van der Waals surface area (Å²) in [5.41, 5.74) is 1.36. The minimum absolute atomic E-state index is 0.00473. The fourth-order valence-corrected chi connectivity index (χ4v) is 5.25. The van der Waals surface area contributed by atoms with Gasteiger partial charge < -0.3 is 9.30 Å². The maximum Gasteiger partial charge on any atom is 0.325 e. The number of hydrogen-bond acceptors (Lipinski definition) is 6. The van der Waals surface area contributed by atoms with Crippen LogP contribution in [-0.4, -0.2) is 37.2 Å². The fraction of sp³-hybridized carbons (Fsp3) is 0.286. The summed E-state index contributed by atoms with van der Waals surface area (Å²) in [6.45, 7) is 3.15. The predicted octanol–water partition coefficient (Wildman–Crippen LogP) is 3.38. The Labute approximate surface area is 188 Å². The Bertz CT molecular complexity index is 1310. The van der Waals surface area contributed by atoms with Gasteiger partial charge in [0, 0.05) is 5.02 Å². The molecular weight excluding hydrogens is 460 g/mol. The summed E-state index contributed by atoms with van der Waals surface area (Å²) in [6.07, 6.45) is -0.00473. The van der Waals surface area contributed by atoms with Gasteiger partial charge in [-0.05, 0) is 49.7 Å². The van der Waals surface area contributed by atoms with E-state index in [-0.39, 0.29) is 17.9 Å². The Kier molecular flexibility index (Phi) is 6.98. The fourth-order valence-electron chi connectivity index (χ4n) is 2.87. The zero-order valence-electron chi connectivity index (χ0n) is 17.2. The first kappa shape index (κ1) is 23.2. The number of carbonyl (C=O) groups excluding carboxylic acids is 2. The van der Waals surface area contributed by atoms with Crippen molar-refractivity contribution in [2.45, 2.75) is 37.0 Å². The predicted molar refractivity (Wildman–Crippen MR) is 120 cm³/mol. The van der Waals surface area contributed by atoms with E-state index >= 15 is 0 Å². The van der Waals surface area contributed by atoms with E-state index in [4.69, 9.17) is 16.3 Å². The molecule has 1 aromatic heterocycles. The lowest BCUT2D eigenvalue weighted by Crippen LogP contribution is -2.22. The van der Waals surface area contributed by atoms with E-state index in [1.54, 1.807) is 48.7 Å². The number of benzene rings is 2. The highest BCUT2D eigenvalue weighted by Crippen LogP contribution is 2.22. The Balaban J connectivity index is 1.92. The van der Waals surface area contributed by atoms with E-state index in [1.165, 1.54) is 30.6 Å². The molecule has 0 N–H and O–H groups in total. The van der Waals surface area contributed by atoms with E-state index in [1.807, 2.05) is 0 Å². The number of fused-ring (bicyclic) bond motifs is 1. The lowest BCUT2D eigenvalue weighted by atomic mass is 10.1. The van der Waals surface area contributed by atoms with Gasteiger partial charge in [-0.3, -0.25) is 9.59 Å². The molecule has 0 saturated carbocycles. The van der Waals surface area contributed by atoms with Gasteiger partial charge >= 0.3 is 5.97 Å². The number of carbonyl (C=O) groups is 2. The average molecular weight is 481 g/mol. The van der Waals surface area contributed by atoms with Crippen molar-refractivity contribution in [3.8, 4) is 0 Å². The number of sulfone groups is 1. The van der Waals surface area contributed by atoms with E-state index in [0.717, 1.165) is 10.2 Å². The molecule has 1 heterocycles. The standard InChI is InChI=1S/C21H21ClN2O5S2/c1-13(2)31(27,28)16-7-4-14(5-8-16)10-19(25)23-21-24(12-20(26)29-3)17-9-6-15(22)11-18(17)30-21/h4-9,11,13H,10,12H2,1-3H3. The molecule has 0 saturated heterocycles. The molecule has 0 unspecified atom stereocenters. The third-order valence-electron chi connectivity index (χ3n) is 4.61. The summed E-state index contributed by atoms with van der Waals surface area (Å²) in [5, 5.41) is 0.00925. The second-order valence-corrected chi connectivity index (χ2v) is 11.0. The van der Waals surface area contributed by atoms with Gasteiger partial charge in [0.05, 0.1) is 33.9 Å². The first-order valence-corrected chi connectivity index (χ1v) is 12.1. The molecule has 0 aliphatic carbocycles. The molecule has 0 bridgehead atoms. The maximum atomic E-state index is 12.6. The van der Waals surface area contributed by atoms with Gasteiger partial charge in [-0.15, -0.1) is 0 Å². The number of halogens is 1. The topological polar surface area (TPSA) is 94.8 Å². The van der Waals surface area contributed by atoms with Crippen molar-refractivity contribution in [2.24, 2.45) is 4.99 Å². The number of methoxy groups -OCH3 is 1. The number of aromatic nitrogens is 1. The van der Waals surface area contributed by atoms with Crippen molar-refractivity contribution in [3.05, 3.63) is 57.9 Å². The Hall–Kier alpha value is -2.49. The molecule has 3 aromatic rings. The molecule has 0 aliphatic heterocycles. The molecule has 0 atom stereocenters. The van der Waals surface area contributed by atoms with Gasteiger partial charge in [-0.1, -0.05) is 35.1 Å². The van der Waals surface area contributed by atoms with Gasteiger partial charge in [-0.25, -0.2) is 8.42 Å². The first-order chi connectivity index (χ1) is 14.6. The molecule has 31 heavy (non-hydrogen) atoms. The number of thiazole rings is 1. The SMILES string of the molecule is COC(=O)Cn1c(=NC(=O)Cc2ccc(S(=O)(=O)C(C)C)cc2)sc2cc(Cl)ccc21. The van der Waals surface area contributed by atoms with Crippen LogP contribution in [0.1, 0.15) is 19.4 Å². The van der Waals surface area contributed by atoms with E-state index in [9.17, 15) is 18.0 Å². The van der Waals surface area contributed by atoms with Crippen molar-refractivity contribution < 1.29 is 22.7 Å². The Morgan fingerprint density at radius 3 is 2.45 bits per heavy atom. The van der Waals surface area contributed by atoms with Crippen molar-refractivity contribution in [2.75, 3.05) is 7.11 Å². The van der Waals surface area contributed by atoms with Crippen LogP contribution in [0.3, 0.4) is 0 Å². The quantitative estimate of drug-likeness (QED) is 0.504. The molecule has 3 rings (SSSR count). The number of amides is 1. The van der Waals surface area contributed by atoms with E-state index in [2.05, 4.69) is 4.99 Å².